The van der Waals surface area contributed by atoms with Crippen LogP contribution in [0.5, 0.6) is 5.75 Å². The number of carbonyl (C=O) groups is 2. The Hall–Kier alpha value is -2.34. The van der Waals surface area contributed by atoms with E-state index < -0.39 is 18.0 Å². The van der Waals surface area contributed by atoms with Gasteiger partial charge in [-0.2, -0.15) is 0 Å². The average molecular weight is 349 g/mol. The van der Waals surface area contributed by atoms with Crippen molar-refractivity contribution >= 4 is 18.0 Å². The van der Waals surface area contributed by atoms with E-state index in [1.165, 1.54) is 0 Å². The van der Waals surface area contributed by atoms with Crippen molar-refractivity contribution in [3.05, 3.63) is 35.9 Å². The lowest BCUT2D eigenvalue weighted by molar-refractivity contribution is -0.144. The van der Waals surface area contributed by atoms with E-state index >= 15 is 0 Å². The lowest BCUT2D eigenvalue weighted by atomic mass is 10.1. The van der Waals surface area contributed by atoms with Gasteiger partial charge in [-0.25, -0.2) is 0 Å². The summed E-state index contributed by atoms with van der Waals surface area (Å²) < 4.78 is 9.85. The molecule has 2 N–H and O–H groups in total. The molecule has 0 bridgehead atoms. The fraction of sp³-hybridized carbons (Fsp3) is 0.474. The predicted molar refractivity (Wildman–Crippen MR) is 96.1 cm³/mol. The third-order valence-electron chi connectivity index (χ3n) is 3.50. The van der Waals surface area contributed by atoms with Crippen LogP contribution < -0.4 is 10.1 Å². The quantitative estimate of drug-likeness (QED) is 0.473. The third-order valence-corrected chi connectivity index (χ3v) is 3.50. The number of ether oxygens (including phenoxy) is 2. The van der Waals surface area contributed by atoms with Gasteiger partial charge in [-0.1, -0.05) is 24.3 Å². The maximum absolute atomic E-state index is 11.7. The number of allylic oxidation sites excluding steroid dienone is 1. The number of benzene rings is 1. The average Bonchev–Trinajstić information content (AvgIpc) is 2.63. The lowest BCUT2D eigenvalue weighted by Crippen LogP contribution is -2.35. The van der Waals surface area contributed by atoms with Crippen LogP contribution in [0.2, 0.25) is 0 Å². The molecule has 25 heavy (non-hydrogen) atoms. The molecule has 0 aromatic heterocycles. The summed E-state index contributed by atoms with van der Waals surface area (Å²) in [5, 5.41) is 12.3. The van der Waals surface area contributed by atoms with Crippen molar-refractivity contribution < 1.29 is 24.2 Å². The first-order valence-corrected chi connectivity index (χ1v) is 8.48. The number of hydrogen-bond donors (Lipinski definition) is 2. The smallest absolute Gasteiger partial charge is 0.305 e. The SMILES string of the molecule is CCOC(=O)CC[C@H](O)C(=O)NCCC/C=C\c1ccc(OC)cc1. The molecule has 6 nitrogen and oxygen atoms in total. The van der Waals surface area contributed by atoms with Crippen molar-refractivity contribution in [3.63, 3.8) is 0 Å². The molecule has 0 aliphatic carbocycles. The van der Waals surface area contributed by atoms with Crippen LogP contribution in [0.1, 0.15) is 38.2 Å². The maximum atomic E-state index is 11.7. The lowest BCUT2D eigenvalue weighted by Gasteiger charge is -2.10. The standard InChI is InChI=1S/C19H27NO5/c1-3-25-18(22)13-12-17(21)19(23)20-14-6-4-5-7-15-8-10-16(24-2)11-9-15/h5,7-11,17,21H,3-4,6,12-14H2,1-2H3,(H,20,23)/b7-5-/t17-/m0/s1. The molecule has 0 aliphatic heterocycles. The molecule has 1 rings (SSSR count). The van der Waals surface area contributed by atoms with E-state index in [0.29, 0.717) is 13.2 Å². The zero-order valence-corrected chi connectivity index (χ0v) is 14.9. The van der Waals surface area contributed by atoms with Crippen molar-refractivity contribution in [2.24, 2.45) is 0 Å². The summed E-state index contributed by atoms with van der Waals surface area (Å²) in [4.78, 5) is 22.9. The molecule has 0 radical (unpaired) electrons. The number of nitrogens with one attached hydrogen (secondary N) is 1. The van der Waals surface area contributed by atoms with Gasteiger partial charge in [0.15, 0.2) is 0 Å². The van der Waals surface area contributed by atoms with Crippen LogP contribution in [0.4, 0.5) is 0 Å². The number of methoxy groups -OCH3 is 1. The molecule has 1 amide bonds. The number of rotatable bonds is 11. The van der Waals surface area contributed by atoms with E-state index in [1.807, 2.05) is 36.4 Å². The van der Waals surface area contributed by atoms with E-state index in [-0.39, 0.29) is 12.8 Å². The highest BCUT2D eigenvalue weighted by atomic mass is 16.5. The number of carbonyl (C=O) groups excluding carboxylic acids is 2. The normalized spacial score (nSPS) is 12.0. The highest BCUT2D eigenvalue weighted by Gasteiger charge is 2.16. The summed E-state index contributed by atoms with van der Waals surface area (Å²) in [5.41, 5.74) is 1.08. The number of aliphatic hydroxyl groups excluding tert-OH is 1. The molecule has 1 aromatic rings. The molecular weight excluding hydrogens is 322 g/mol. The molecule has 0 spiro atoms. The Labute approximate surface area is 148 Å². The minimum Gasteiger partial charge on any atom is -0.497 e. The summed E-state index contributed by atoms with van der Waals surface area (Å²) in [6.45, 7) is 2.48. The second-order valence-electron chi connectivity index (χ2n) is 5.47. The van der Waals surface area contributed by atoms with Gasteiger partial charge in [0.2, 0.25) is 5.91 Å². The number of amides is 1. The molecule has 0 heterocycles. The maximum Gasteiger partial charge on any atom is 0.305 e. The van der Waals surface area contributed by atoms with Crippen molar-refractivity contribution in [1.29, 1.82) is 0 Å². The molecule has 0 fully saturated rings. The van der Waals surface area contributed by atoms with E-state index in [2.05, 4.69) is 5.32 Å². The van der Waals surface area contributed by atoms with Gasteiger partial charge in [0, 0.05) is 13.0 Å². The molecule has 0 saturated heterocycles. The Morgan fingerprint density at radius 1 is 1.28 bits per heavy atom. The summed E-state index contributed by atoms with van der Waals surface area (Å²) in [6, 6.07) is 7.74. The van der Waals surface area contributed by atoms with Crippen LogP contribution in [0.3, 0.4) is 0 Å². The molecule has 0 unspecified atom stereocenters. The minimum absolute atomic E-state index is 0.0347. The van der Waals surface area contributed by atoms with E-state index in [1.54, 1.807) is 14.0 Å². The number of aliphatic hydroxyl groups is 1. The first-order chi connectivity index (χ1) is 12.1. The molecule has 0 aliphatic rings. The second-order valence-corrected chi connectivity index (χ2v) is 5.47. The first-order valence-electron chi connectivity index (χ1n) is 8.48. The molecule has 1 atom stereocenters. The molecule has 1 aromatic carbocycles. The second kappa shape index (κ2) is 12.1. The van der Waals surface area contributed by atoms with Gasteiger partial charge in [0.05, 0.1) is 13.7 Å². The van der Waals surface area contributed by atoms with E-state index in [0.717, 1.165) is 24.2 Å². The van der Waals surface area contributed by atoms with Crippen molar-refractivity contribution in [2.75, 3.05) is 20.3 Å². The fourth-order valence-corrected chi connectivity index (χ4v) is 2.10. The minimum atomic E-state index is -1.18. The van der Waals surface area contributed by atoms with Crippen molar-refractivity contribution in [3.8, 4) is 5.75 Å². The van der Waals surface area contributed by atoms with E-state index in [4.69, 9.17) is 9.47 Å². The summed E-state index contributed by atoms with van der Waals surface area (Å²) >= 11 is 0. The first kappa shape index (κ1) is 20.7. The van der Waals surface area contributed by atoms with Gasteiger partial charge >= 0.3 is 5.97 Å². The highest BCUT2D eigenvalue weighted by Crippen LogP contribution is 2.12. The third kappa shape index (κ3) is 8.91. The number of unbranched alkanes of at least 4 members (excludes halogenated alkanes) is 1. The van der Waals surface area contributed by atoms with Crippen molar-refractivity contribution in [1.82, 2.24) is 5.32 Å². The van der Waals surface area contributed by atoms with Crippen LogP contribution in [-0.4, -0.2) is 43.3 Å². The Morgan fingerprint density at radius 3 is 2.64 bits per heavy atom. The Morgan fingerprint density at radius 2 is 2.00 bits per heavy atom. The van der Waals surface area contributed by atoms with Gasteiger partial charge in [-0.15, -0.1) is 0 Å². The zero-order chi connectivity index (χ0) is 18.5. The van der Waals surface area contributed by atoms with Crippen LogP contribution in [-0.2, 0) is 14.3 Å². The van der Waals surface area contributed by atoms with Gasteiger partial charge in [-0.05, 0) is 43.9 Å². The predicted octanol–water partition coefficient (Wildman–Crippen LogP) is 2.31. The topological polar surface area (TPSA) is 84.9 Å². The summed E-state index contributed by atoms with van der Waals surface area (Å²) in [5.74, 6) is -0.0390. The zero-order valence-electron chi connectivity index (χ0n) is 14.9. The summed E-state index contributed by atoms with van der Waals surface area (Å²) in [7, 11) is 1.63. The molecule has 6 heteroatoms. The van der Waals surface area contributed by atoms with Crippen LogP contribution in [0, 0.1) is 0 Å². The van der Waals surface area contributed by atoms with Gasteiger partial charge < -0.3 is 19.9 Å². The van der Waals surface area contributed by atoms with Gasteiger partial charge in [0.1, 0.15) is 11.9 Å². The Bertz CT molecular complexity index is 553. The highest BCUT2D eigenvalue weighted by molar-refractivity contribution is 5.81. The monoisotopic (exact) mass is 349 g/mol. The van der Waals surface area contributed by atoms with Crippen molar-refractivity contribution in [2.45, 2.75) is 38.7 Å². The summed E-state index contributed by atoms with van der Waals surface area (Å²) in [6.07, 6.45) is 4.54. The molecular formula is C19H27NO5. The largest absolute Gasteiger partial charge is 0.497 e. The van der Waals surface area contributed by atoms with Crippen LogP contribution in [0.25, 0.3) is 6.08 Å². The Kier molecular flexibility index (Phi) is 10.0. The van der Waals surface area contributed by atoms with Crippen LogP contribution >= 0.6 is 0 Å². The molecule has 0 saturated carbocycles. The van der Waals surface area contributed by atoms with Crippen LogP contribution in [0.15, 0.2) is 30.3 Å². The van der Waals surface area contributed by atoms with E-state index in [9.17, 15) is 14.7 Å². The Balaban J connectivity index is 2.16. The molecule has 138 valence electrons. The van der Waals surface area contributed by atoms with Gasteiger partial charge in [0.25, 0.3) is 0 Å². The van der Waals surface area contributed by atoms with Gasteiger partial charge in [-0.3, -0.25) is 9.59 Å². The number of hydrogen-bond acceptors (Lipinski definition) is 5. The number of esters is 1. The fourth-order valence-electron chi connectivity index (χ4n) is 2.10.